The van der Waals surface area contributed by atoms with Gasteiger partial charge in [0, 0.05) is 18.7 Å². The molecule has 1 fully saturated rings. The van der Waals surface area contributed by atoms with Crippen molar-refractivity contribution in [2.45, 2.75) is 19.9 Å². The van der Waals surface area contributed by atoms with Gasteiger partial charge in [-0.2, -0.15) is 0 Å². The van der Waals surface area contributed by atoms with Crippen molar-refractivity contribution in [1.29, 1.82) is 0 Å². The first-order chi connectivity index (χ1) is 9.04. The summed E-state index contributed by atoms with van der Waals surface area (Å²) in [7, 11) is 0. The molecule has 1 aromatic carbocycles. The molecule has 1 aliphatic heterocycles. The van der Waals surface area contributed by atoms with E-state index in [9.17, 15) is 9.59 Å². The van der Waals surface area contributed by atoms with Crippen LogP contribution in [-0.4, -0.2) is 35.8 Å². The summed E-state index contributed by atoms with van der Waals surface area (Å²) >= 11 is 0. The minimum Gasteiger partial charge on any atom is -0.353 e. The number of nitrogens with zero attached hydrogens (tertiary/aromatic N) is 1. The van der Waals surface area contributed by atoms with Crippen LogP contribution in [0, 0.1) is 6.92 Å². The van der Waals surface area contributed by atoms with Crippen molar-refractivity contribution < 1.29 is 9.59 Å². The third kappa shape index (κ3) is 2.53. The number of anilines is 1. The summed E-state index contributed by atoms with van der Waals surface area (Å²) in [5.41, 5.74) is 4.81. The van der Waals surface area contributed by atoms with Crippen molar-refractivity contribution in [1.82, 2.24) is 10.2 Å². The molecule has 0 saturated carbocycles. The summed E-state index contributed by atoms with van der Waals surface area (Å²) in [4.78, 5) is 25.6. The largest absolute Gasteiger partial charge is 0.353 e. The van der Waals surface area contributed by atoms with Gasteiger partial charge in [0.15, 0.2) is 0 Å². The van der Waals surface area contributed by atoms with E-state index in [1.807, 2.05) is 6.92 Å². The fourth-order valence-electron chi connectivity index (χ4n) is 2.18. The number of hydrazine groups is 1. The van der Waals surface area contributed by atoms with Gasteiger partial charge in [0.05, 0.1) is 5.69 Å². The minimum atomic E-state index is -0.436. The van der Waals surface area contributed by atoms with E-state index in [4.69, 9.17) is 5.84 Å². The van der Waals surface area contributed by atoms with Gasteiger partial charge in [-0.1, -0.05) is 0 Å². The van der Waals surface area contributed by atoms with Gasteiger partial charge in [-0.25, -0.2) is 0 Å². The van der Waals surface area contributed by atoms with Gasteiger partial charge in [0.2, 0.25) is 5.91 Å². The number of hydrogen-bond donors (Lipinski definition) is 3. The highest BCUT2D eigenvalue weighted by Crippen LogP contribution is 2.18. The number of nitrogens with one attached hydrogen (secondary N) is 2. The Bertz CT molecular complexity index is 515. The highest BCUT2D eigenvalue weighted by atomic mass is 16.2. The van der Waals surface area contributed by atoms with Crippen LogP contribution in [0.3, 0.4) is 0 Å². The van der Waals surface area contributed by atoms with Crippen molar-refractivity contribution in [2.24, 2.45) is 5.84 Å². The maximum Gasteiger partial charge on any atom is 0.254 e. The second kappa shape index (κ2) is 5.27. The van der Waals surface area contributed by atoms with Gasteiger partial charge in [-0.05, 0) is 37.6 Å². The summed E-state index contributed by atoms with van der Waals surface area (Å²) in [5.74, 6) is 5.12. The lowest BCUT2D eigenvalue weighted by molar-refractivity contribution is -0.127. The zero-order valence-corrected chi connectivity index (χ0v) is 11.1. The number of carbonyl (C=O) groups excluding carboxylic acids is 2. The molecule has 0 spiro atoms. The van der Waals surface area contributed by atoms with Gasteiger partial charge in [-0.3, -0.25) is 15.4 Å². The minimum absolute atomic E-state index is 0.114. The average Bonchev–Trinajstić information content (AvgIpc) is 2.41. The molecule has 6 heteroatoms. The van der Waals surface area contributed by atoms with Crippen molar-refractivity contribution in [3.63, 3.8) is 0 Å². The van der Waals surface area contributed by atoms with E-state index in [-0.39, 0.29) is 11.8 Å². The van der Waals surface area contributed by atoms with Crippen molar-refractivity contribution in [3.8, 4) is 0 Å². The summed E-state index contributed by atoms with van der Waals surface area (Å²) in [6, 6.07) is 4.81. The van der Waals surface area contributed by atoms with E-state index in [1.54, 1.807) is 30.0 Å². The number of benzene rings is 1. The Morgan fingerprint density at radius 2 is 2.26 bits per heavy atom. The molecule has 4 N–H and O–H groups in total. The van der Waals surface area contributed by atoms with Gasteiger partial charge in [-0.15, -0.1) is 0 Å². The Hall–Kier alpha value is -2.08. The van der Waals surface area contributed by atoms with E-state index in [0.29, 0.717) is 18.7 Å². The maximum atomic E-state index is 12.4. The zero-order valence-electron chi connectivity index (χ0n) is 11.1. The molecule has 0 aliphatic carbocycles. The topological polar surface area (TPSA) is 87.5 Å². The maximum absolute atomic E-state index is 12.4. The van der Waals surface area contributed by atoms with Crippen LogP contribution in [0.1, 0.15) is 22.8 Å². The Morgan fingerprint density at radius 1 is 1.53 bits per heavy atom. The molecule has 0 radical (unpaired) electrons. The molecule has 102 valence electrons. The Morgan fingerprint density at radius 3 is 2.89 bits per heavy atom. The van der Waals surface area contributed by atoms with Crippen LogP contribution in [-0.2, 0) is 4.79 Å². The molecule has 0 bridgehead atoms. The molecule has 2 rings (SSSR count). The first-order valence-corrected chi connectivity index (χ1v) is 6.20. The number of nitrogen functional groups attached to an aromatic ring is 1. The van der Waals surface area contributed by atoms with Gasteiger partial charge in [0.1, 0.15) is 6.04 Å². The number of aryl methyl sites for hydroxylation is 1. The molecule has 1 heterocycles. The van der Waals surface area contributed by atoms with Crippen LogP contribution in [0.5, 0.6) is 0 Å². The van der Waals surface area contributed by atoms with Crippen molar-refractivity contribution in [2.75, 3.05) is 18.5 Å². The molecule has 0 aromatic heterocycles. The fraction of sp³-hybridized carbons (Fsp3) is 0.385. The third-order valence-electron chi connectivity index (χ3n) is 3.39. The van der Waals surface area contributed by atoms with Crippen molar-refractivity contribution in [3.05, 3.63) is 29.3 Å². The number of carbonyl (C=O) groups is 2. The van der Waals surface area contributed by atoms with Crippen LogP contribution < -0.4 is 16.6 Å². The van der Waals surface area contributed by atoms with E-state index in [0.717, 1.165) is 11.3 Å². The smallest absolute Gasteiger partial charge is 0.254 e. The van der Waals surface area contributed by atoms with E-state index >= 15 is 0 Å². The van der Waals surface area contributed by atoms with Gasteiger partial charge >= 0.3 is 0 Å². The Kier molecular flexibility index (Phi) is 3.71. The molecule has 19 heavy (non-hydrogen) atoms. The van der Waals surface area contributed by atoms with E-state index in [2.05, 4.69) is 10.7 Å². The van der Waals surface area contributed by atoms with Crippen LogP contribution in [0.15, 0.2) is 18.2 Å². The zero-order chi connectivity index (χ0) is 14.0. The SMILES string of the molecule is Cc1cc(C(=O)N2CCNC(=O)C2C)ccc1NN. The van der Waals surface area contributed by atoms with Gasteiger partial charge in [0.25, 0.3) is 5.91 Å². The third-order valence-corrected chi connectivity index (χ3v) is 3.39. The number of nitrogens with two attached hydrogens (primary N) is 1. The number of rotatable bonds is 2. The molecule has 1 unspecified atom stereocenters. The van der Waals surface area contributed by atoms with E-state index in [1.165, 1.54) is 0 Å². The van der Waals surface area contributed by atoms with Crippen LogP contribution >= 0.6 is 0 Å². The number of hydrogen-bond acceptors (Lipinski definition) is 4. The second-order valence-corrected chi connectivity index (χ2v) is 4.64. The summed E-state index contributed by atoms with van der Waals surface area (Å²) in [5, 5.41) is 2.74. The predicted octanol–water partition coefficient (Wildman–Crippen LogP) is 0.241. The molecular weight excluding hydrogens is 244 g/mol. The molecule has 1 saturated heterocycles. The highest BCUT2D eigenvalue weighted by molar-refractivity contribution is 5.98. The van der Waals surface area contributed by atoms with E-state index < -0.39 is 6.04 Å². The van der Waals surface area contributed by atoms with Crippen molar-refractivity contribution >= 4 is 17.5 Å². The van der Waals surface area contributed by atoms with Gasteiger partial charge < -0.3 is 15.6 Å². The van der Waals surface area contributed by atoms with Crippen LogP contribution in [0.4, 0.5) is 5.69 Å². The lowest BCUT2D eigenvalue weighted by atomic mass is 10.1. The number of piperazine rings is 1. The molecular formula is C13H18N4O2. The highest BCUT2D eigenvalue weighted by Gasteiger charge is 2.29. The normalized spacial score (nSPS) is 19.0. The first kappa shape index (κ1) is 13.4. The molecule has 2 amide bonds. The molecule has 6 nitrogen and oxygen atoms in total. The lowest BCUT2D eigenvalue weighted by Crippen LogP contribution is -2.55. The summed E-state index contributed by atoms with van der Waals surface area (Å²) in [6.07, 6.45) is 0. The lowest BCUT2D eigenvalue weighted by Gasteiger charge is -2.33. The quantitative estimate of drug-likeness (QED) is 0.526. The average molecular weight is 262 g/mol. The molecule has 1 aliphatic rings. The first-order valence-electron chi connectivity index (χ1n) is 6.20. The predicted molar refractivity (Wildman–Crippen MR) is 72.5 cm³/mol. The summed E-state index contributed by atoms with van der Waals surface area (Å²) < 4.78 is 0. The van der Waals surface area contributed by atoms with Crippen LogP contribution in [0.25, 0.3) is 0 Å². The number of amides is 2. The summed E-state index contributed by atoms with van der Waals surface area (Å²) in [6.45, 7) is 4.63. The monoisotopic (exact) mass is 262 g/mol. The Labute approximate surface area is 111 Å². The standard InChI is InChI=1S/C13H18N4O2/c1-8-7-10(3-4-11(8)16-14)13(19)17-6-5-15-12(18)9(17)2/h3-4,7,9,16H,5-6,14H2,1-2H3,(H,15,18). The second-order valence-electron chi connectivity index (χ2n) is 4.64. The fourth-order valence-corrected chi connectivity index (χ4v) is 2.18. The molecule has 1 aromatic rings. The van der Waals surface area contributed by atoms with Crippen LogP contribution in [0.2, 0.25) is 0 Å². The Balaban J connectivity index is 2.24. The molecule has 1 atom stereocenters.